The summed E-state index contributed by atoms with van der Waals surface area (Å²) in [6, 6.07) is 2.03. The molecule has 0 radical (unpaired) electrons. The molecule has 2 aromatic heterocycles. The first-order valence-electron chi connectivity index (χ1n) is 4.90. The maximum Gasteiger partial charge on any atom is 0.177 e. The van der Waals surface area contributed by atoms with E-state index in [4.69, 9.17) is 12.2 Å². The van der Waals surface area contributed by atoms with Crippen LogP contribution in [-0.4, -0.2) is 19.3 Å². The van der Waals surface area contributed by atoms with Crippen molar-refractivity contribution in [1.82, 2.24) is 19.3 Å². The third-order valence-corrected chi connectivity index (χ3v) is 2.93. The summed E-state index contributed by atoms with van der Waals surface area (Å²) >= 11 is 5.19. The van der Waals surface area contributed by atoms with Crippen LogP contribution in [0.1, 0.15) is 11.4 Å². The molecule has 2 rings (SSSR count). The molecular formula is C10H14N4S. The molecule has 0 saturated carbocycles. The zero-order chi connectivity index (χ0) is 10.8. The van der Waals surface area contributed by atoms with Crippen molar-refractivity contribution < 1.29 is 0 Å². The molecule has 1 N–H and O–H groups in total. The average Bonchev–Trinajstić information content (AvgIpc) is 2.73. The van der Waals surface area contributed by atoms with Crippen LogP contribution in [0, 0.1) is 11.7 Å². The van der Waals surface area contributed by atoms with E-state index in [0.29, 0.717) is 0 Å². The van der Waals surface area contributed by atoms with Crippen LogP contribution in [-0.2, 0) is 20.0 Å². The first-order valence-corrected chi connectivity index (χ1v) is 5.31. The summed E-state index contributed by atoms with van der Waals surface area (Å²) in [4.78, 5) is 3.04. The van der Waals surface area contributed by atoms with Crippen LogP contribution < -0.4 is 0 Å². The second-order valence-electron chi connectivity index (χ2n) is 3.58. The lowest BCUT2D eigenvalue weighted by molar-refractivity contribution is 0.622. The summed E-state index contributed by atoms with van der Waals surface area (Å²) < 4.78 is 4.78. The summed E-state index contributed by atoms with van der Waals surface area (Å²) in [6.45, 7) is 2.95. The smallest absolute Gasteiger partial charge is 0.177 e. The van der Waals surface area contributed by atoms with Crippen molar-refractivity contribution in [3.8, 4) is 0 Å². The highest BCUT2D eigenvalue weighted by Crippen LogP contribution is 2.04. The summed E-state index contributed by atoms with van der Waals surface area (Å²) in [7, 11) is 1.96. The summed E-state index contributed by atoms with van der Waals surface area (Å²) in [6.07, 6.45) is 4.70. The number of hydrogen-bond acceptors (Lipinski definition) is 2. The van der Waals surface area contributed by atoms with E-state index in [-0.39, 0.29) is 0 Å². The molecule has 0 aromatic carbocycles. The Balaban J connectivity index is 2.12. The fourth-order valence-electron chi connectivity index (χ4n) is 1.63. The van der Waals surface area contributed by atoms with Crippen LogP contribution in [0.25, 0.3) is 0 Å². The zero-order valence-corrected chi connectivity index (χ0v) is 9.71. The fourth-order valence-corrected chi connectivity index (χ4v) is 1.93. The van der Waals surface area contributed by atoms with E-state index in [0.717, 1.165) is 17.7 Å². The molecule has 0 aliphatic rings. The molecule has 0 fully saturated rings. The highest BCUT2D eigenvalue weighted by molar-refractivity contribution is 7.71. The first-order chi connectivity index (χ1) is 7.18. The molecule has 0 atom stereocenters. The molecule has 0 aliphatic carbocycles. The van der Waals surface area contributed by atoms with Crippen LogP contribution in [0.3, 0.4) is 0 Å². The van der Waals surface area contributed by atoms with Crippen molar-refractivity contribution >= 4 is 12.2 Å². The van der Waals surface area contributed by atoms with Crippen LogP contribution in [0.4, 0.5) is 0 Å². The molecule has 80 valence electrons. The van der Waals surface area contributed by atoms with Gasteiger partial charge in [-0.25, -0.2) is 0 Å². The van der Waals surface area contributed by atoms with Crippen molar-refractivity contribution in [3.63, 3.8) is 0 Å². The van der Waals surface area contributed by atoms with Crippen LogP contribution in [0.2, 0.25) is 0 Å². The van der Waals surface area contributed by atoms with E-state index >= 15 is 0 Å². The zero-order valence-electron chi connectivity index (χ0n) is 8.90. The van der Waals surface area contributed by atoms with Crippen molar-refractivity contribution in [1.29, 1.82) is 0 Å². The normalized spacial score (nSPS) is 10.8. The van der Waals surface area contributed by atoms with E-state index in [9.17, 15) is 0 Å². The van der Waals surface area contributed by atoms with Gasteiger partial charge in [0, 0.05) is 43.8 Å². The van der Waals surface area contributed by atoms with E-state index in [1.165, 1.54) is 11.4 Å². The lowest BCUT2D eigenvalue weighted by atomic mass is 10.3. The number of aromatic amines is 1. The van der Waals surface area contributed by atoms with Gasteiger partial charge in [-0.1, -0.05) is 0 Å². The molecule has 0 saturated heterocycles. The molecule has 15 heavy (non-hydrogen) atoms. The molecule has 4 nitrogen and oxygen atoms in total. The molecule has 0 unspecified atom stereocenters. The lowest BCUT2D eigenvalue weighted by Gasteiger charge is -2.05. The largest absolute Gasteiger partial charge is 0.337 e. The predicted molar refractivity (Wildman–Crippen MR) is 61.3 cm³/mol. The number of rotatable bonds is 3. The highest BCUT2D eigenvalue weighted by Gasteiger charge is 2.02. The van der Waals surface area contributed by atoms with E-state index < -0.39 is 0 Å². The van der Waals surface area contributed by atoms with Gasteiger partial charge in [0.05, 0.1) is 0 Å². The van der Waals surface area contributed by atoms with Crippen molar-refractivity contribution in [2.75, 3.05) is 0 Å². The van der Waals surface area contributed by atoms with E-state index in [1.54, 1.807) is 0 Å². The standard InChI is InChI=1S/C10H14N4S/c1-8-7-11-10(15)14(8)6-4-9-3-5-12-13(9)2/h3,5,7H,4,6H2,1-2H3,(H,11,15). The number of nitrogens with zero attached hydrogens (tertiary/aromatic N) is 3. The number of aryl methyl sites for hydroxylation is 3. The Bertz CT molecular complexity index is 505. The first kappa shape index (κ1) is 10.2. The summed E-state index contributed by atoms with van der Waals surface area (Å²) in [5, 5.41) is 4.13. The fraction of sp³-hybridized carbons (Fsp3) is 0.400. The van der Waals surface area contributed by atoms with Crippen molar-refractivity contribution in [3.05, 3.63) is 34.6 Å². The molecule has 2 aromatic rings. The van der Waals surface area contributed by atoms with Gasteiger partial charge in [-0.2, -0.15) is 5.10 Å². The van der Waals surface area contributed by atoms with Gasteiger partial charge in [0.25, 0.3) is 0 Å². The quantitative estimate of drug-likeness (QED) is 0.805. The van der Waals surface area contributed by atoms with Gasteiger partial charge in [-0.15, -0.1) is 0 Å². The molecule has 2 heterocycles. The Labute approximate surface area is 93.6 Å². The Kier molecular flexibility index (Phi) is 2.73. The third kappa shape index (κ3) is 2.02. The summed E-state index contributed by atoms with van der Waals surface area (Å²) in [5.41, 5.74) is 2.39. The third-order valence-electron chi connectivity index (χ3n) is 2.59. The number of nitrogens with one attached hydrogen (secondary N) is 1. The number of H-pyrrole nitrogens is 1. The Morgan fingerprint density at radius 1 is 1.53 bits per heavy atom. The maximum absolute atomic E-state index is 5.19. The lowest BCUT2D eigenvalue weighted by Crippen LogP contribution is -2.06. The van der Waals surface area contributed by atoms with Gasteiger partial charge in [0.2, 0.25) is 0 Å². The van der Waals surface area contributed by atoms with Gasteiger partial charge in [0.15, 0.2) is 4.77 Å². The Morgan fingerprint density at radius 2 is 2.33 bits per heavy atom. The average molecular weight is 222 g/mol. The van der Waals surface area contributed by atoms with Crippen LogP contribution >= 0.6 is 12.2 Å². The van der Waals surface area contributed by atoms with Crippen molar-refractivity contribution in [2.24, 2.45) is 7.05 Å². The minimum Gasteiger partial charge on any atom is -0.337 e. The van der Waals surface area contributed by atoms with Gasteiger partial charge < -0.3 is 9.55 Å². The van der Waals surface area contributed by atoms with Crippen LogP contribution in [0.5, 0.6) is 0 Å². The van der Waals surface area contributed by atoms with E-state index in [2.05, 4.69) is 21.6 Å². The van der Waals surface area contributed by atoms with Crippen LogP contribution in [0.15, 0.2) is 18.5 Å². The minimum absolute atomic E-state index is 0.787. The maximum atomic E-state index is 5.19. The van der Waals surface area contributed by atoms with Gasteiger partial charge in [-0.05, 0) is 25.2 Å². The molecule has 5 heteroatoms. The predicted octanol–water partition coefficient (Wildman–Crippen LogP) is 1.83. The number of imidazole rings is 1. The number of hydrogen-bond donors (Lipinski definition) is 1. The van der Waals surface area contributed by atoms with Gasteiger partial charge in [-0.3, -0.25) is 4.68 Å². The van der Waals surface area contributed by atoms with Crippen molar-refractivity contribution in [2.45, 2.75) is 19.9 Å². The SMILES string of the molecule is Cc1c[nH]c(=S)n1CCc1ccnn1C. The second-order valence-corrected chi connectivity index (χ2v) is 3.97. The van der Waals surface area contributed by atoms with Gasteiger partial charge in [0.1, 0.15) is 0 Å². The summed E-state index contributed by atoms with van der Waals surface area (Å²) in [5.74, 6) is 0. The Morgan fingerprint density at radius 3 is 2.87 bits per heavy atom. The van der Waals surface area contributed by atoms with Gasteiger partial charge >= 0.3 is 0 Å². The Hall–Kier alpha value is -1.36. The topological polar surface area (TPSA) is 38.5 Å². The minimum atomic E-state index is 0.787. The number of aromatic nitrogens is 4. The molecular weight excluding hydrogens is 208 g/mol. The molecule has 0 amide bonds. The molecule has 0 aliphatic heterocycles. The molecule has 0 spiro atoms. The molecule has 0 bridgehead atoms. The van der Waals surface area contributed by atoms with E-state index in [1.807, 2.05) is 30.2 Å². The highest BCUT2D eigenvalue weighted by atomic mass is 32.1. The monoisotopic (exact) mass is 222 g/mol. The second kappa shape index (κ2) is 4.02.